The maximum atomic E-state index is 4.98. The minimum Gasteiger partial charge on any atom is -0.294 e. The lowest BCUT2D eigenvalue weighted by Crippen LogP contribution is -2.16. The molecule has 9 rings (SSSR count). The van der Waals surface area contributed by atoms with E-state index in [1.807, 2.05) is 52.2 Å². The molecule has 0 N–H and O–H groups in total. The Labute approximate surface area is 325 Å². The lowest BCUT2D eigenvalue weighted by molar-refractivity contribution is 1.18. The summed E-state index contributed by atoms with van der Waals surface area (Å²) < 4.78 is 0. The molecule has 0 radical (unpaired) electrons. The van der Waals surface area contributed by atoms with E-state index in [0.717, 1.165) is 55.9 Å². The van der Waals surface area contributed by atoms with Gasteiger partial charge in [0.25, 0.3) is 0 Å². The first-order valence-electron chi connectivity index (χ1n) is 19.4. The van der Waals surface area contributed by atoms with Crippen LogP contribution in [0.1, 0.15) is 44.4 Å². The maximum absolute atomic E-state index is 4.98. The van der Waals surface area contributed by atoms with Gasteiger partial charge in [-0.15, -0.1) is 0 Å². The van der Waals surface area contributed by atoms with Gasteiger partial charge in [0.05, 0.1) is 11.4 Å². The van der Waals surface area contributed by atoms with E-state index < -0.39 is 0 Å². The van der Waals surface area contributed by atoms with Crippen LogP contribution >= 0.6 is 0 Å². The van der Waals surface area contributed by atoms with Crippen molar-refractivity contribution in [3.05, 3.63) is 181 Å². The molecule has 272 valence electrons. The van der Waals surface area contributed by atoms with Crippen LogP contribution in [0.2, 0.25) is 0 Å². The second kappa shape index (κ2) is 16.2. The monoisotopic (exact) mass is 716 g/mol. The number of hydrogen-bond donors (Lipinski definition) is 0. The fourth-order valence-corrected chi connectivity index (χ4v) is 7.40. The van der Waals surface area contributed by atoms with Crippen LogP contribution in [0.15, 0.2) is 164 Å². The Hall–Kier alpha value is -6.52. The predicted molar refractivity (Wildman–Crippen MR) is 238 cm³/mol. The molecule has 4 nitrogen and oxygen atoms in total. The van der Waals surface area contributed by atoms with Gasteiger partial charge in [0, 0.05) is 45.3 Å². The fraction of sp³-hybridized carbons (Fsp3) is 0.137. The van der Waals surface area contributed by atoms with E-state index in [-0.39, 0.29) is 0 Å². The van der Waals surface area contributed by atoms with Crippen molar-refractivity contribution in [2.45, 2.75) is 48.5 Å². The number of rotatable bonds is 6. The zero-order valence-corrected chi connectivity index (χ0v) is 32.9. The van der Waals surface area contributed by atoms with Gasteiger partial charge in [0.15, 0.2) is 0 Å². The van der Waals surface area contributed by atoms with E-state index >= 15 is 0 Å². The molecular formula is C51H48N4. The molecule has 0 aliphatic heterocycles. The summed E-state index contributed by atoms with van der Waals surface area (Å²) in [5.41, 5.74) is 7.96. The van der Waals surface area contributed by atoms with Gasteiger partial charge in [0.2, 0.25) is 0 Å². The van der Waals surface area contributed by atoms with Crippen molar-refractivity contribution in [1.29, 1.82) is 0 Å². The molecule has 55 heavy (non-hydrogen) atoms. The molecule has 0 aliphatic carbocycles. The summed E-state index contributed by atoms with van der Waals surface area (Å²) in [5, 5.41) is 9.33. The summed E-state index contributed by atoms with van der Waals surface area (Å²) in [6.07, 6.45) is 3.76. The molecule has 0 atom stereocenters. The Kier molecular flexibility index (Phi) is 10.9. The Morgan fingerprint density at radius 1 is 0.364 bits per heavy atom. The average Bonchev–Trinajstić information content (AvgIpc) is 3.24. The highest BCUT2D eigenvalue weighted by molar-refractivity contribution is 6.23. The molecule has 0 aliphatic rings. The van der Waals surface area contributed by atoms with Crippen LogP contribution in [0.25, 0.3) is 43.1 Å². The highest BCUT2D eigenvalue weighted by atomic mass is 15.2. The van der Waals surface area contributed by atoms with Crippen molar-refractivity contribution in [2.75, 3.05) is 9.80 Å². The largest absolute Gasteiger partial charge is 0.294 e. The van der Waals surface area contributed by atoms with Crippen molar-refractivity contribution in [3.8, 4) is 0 Å². The Morgan fingerprint density at radius 3 is 1.24 bits per heavy atom. The summed E-state index contributed by atoms with van der Waals surface area (Å²) >= 11 is 0. The molecule has 0 unspecified atom stereocenters. The summed E-state index contributed by atoms with van der Waals surface area (Å²) in [5.74, 6) is 1.72. The van der Waals surface area contributed by atoms with Crippen LogP contribution in [0, 0.1) is 20.8 Å². The number of aryl methyl sites for hydroxylation is 3. The first-order chi connectivity index (χ1) is 27.0. The smallest absolute Gasteiger partial charge is 0.137 e. The van der Waals surface area contributed by atoms with Gasteiger partial charge in [-0.05, 0) is 120 Å². The quantitative estimate of drug-likeness (QED) is 0.127. The minimum absolute atomic E-state index is 0.859. The van der Waals surface area contributed by atoms with Crippen LogP contribution in [-0.2, 0) is 0 Å². The third-order valence-electron chi connectivity index (χ3n) is 10.0. The summed E-state index contributed by atoms with van der Waals surface area (Å²) in [4.78, 5) is 14.6. The van der Waals surface area contributed by atoms with Gasteiger partial charge in [-0.25, -0.2) is 9.97 Å². The van der Waals surface area contributed by atoms with E-state index in [2.05, 4.69) is 170 Å². The summed E-state index contributed by atoms with van der Waals surface area (Å²) in [6.45, 7) is 14.6. The number of anilines is 6. The molecule has 2 aromatic heterocycles. The van der Waals surface area contributed by atoms with Gasteiger partial charge in [-0.2, -0.15) is 0 Å². The Bertz CT molecular complexity index is 2740. The van der Waals surface area contributed by atoms with E-state index in [1.165, 1.54) is 38.2 Å². The van der Waals surface area contributed by atoms with Gasteiger partial charge in [-0.1, -0.05) is 118 Å². The molecule has 7 aromatic carbocycles. The number of fused-ring (bicyclic) bond motifs is 4. The van der Waals surface area contributed by atoms with E-state index in [0.29, 0.717) is 0 Å². The Balaban J connectivity index is 0.00000113. The van der Waals surface area contributed by atoms with Crippen molar-refractivity contribution in [3.63, 3.8) is 0 Å². The summed E-state index contributed by atoms with van der Waals surface area (Å²) in [7, 11) is 0. The first-order valence-corrected chi connectivity index (χ1v) is 19.4. The fourth-order valence-electron chi connectivity index (χ4n) is 7.40. The number of nitrogens with zero attached hydrogens (tertiary/aromatic N) is 4. The van der Waals surface area contributed by atoms with E-state index in [9.17, 15) is 0 Å². The third kappa shape index (κ3) is 7.00. The molecular weight excluding hydrogens is 669 g/mol. The molecule has 0 amide bonds. The normalized spacial score (nSPS) is 10.8. The summed E-state index contributed by atoms with van der Waals surface area (Å²) in [6, 6.07) is 54.3. The van der Waals surface area contributed by atoms with Crippen molar-refractivity contribution in [2.24, 2.45) is 0 Å². The van der Waals surface area contributed by atoms with Gasteiger partial charge in [0.1, 0.15) is 11.6 Å². The van der Waals surface area contributed by atoms with Crippen LogP contribution < -0.4 is 9.80 Å². The maximum Gasteiger partial charge on any atom is 0.137 e. The number of pyridine rings is 2. The third-order valence-corrected chi connectivity index (χ3v) is 10.0. The number of hydrogen-bond acceptors (Lipinski definition) is 4. The molecule has 0 saturated carbocycles. The van der Waals surface area contributed by atoms with Crippen LogP contribution in [0.4, 0.5) is 34.4 Å². The predicted octanol–water partition coefficient (Wildman–Crippen LogP) is 15.0. The van der Waals surface area contributed by atoms with Gasteiger partial charge >= 0.3 is 0 Å². The molecule has 9 aromatic rings. The first kappa shape index (κ1) is 36.8. The zero-order chi connectivity index (χ0) is 38.5. The van der Waals surface area contributed by atoms with Gasteiger partial charge < -0.3 is 0 Å². The second-order valence-electron chi connectivity index (χ2n) is 13.3. The molecule has 0 fully saturated rings. The standard InChI is InChI=1S/C47H36N4.2C2H6/c1-31-18-23-40-41(26-31)47(51(45-17-9-11-25-49-45)39-22-20-35-13-5-7-15-37(35)30-39)43-28-33(3)32(2)27-42(43)46(40)50(44-16-8-10-24-48-44)38-21-19-34-12-4-6-14-36(34)29-38;2*1-2/h4-30H,1-3H3;2*1-2H3. The van der Waals surface area contributed by atoms with E-state index in [1.54, 1.807) is 0 Å². The number of benzene rings is 7. The SMILES string of the molecule is CC.CC.Cc1ccc2c(N(c3ccc4ccccc4c3)c3ccccn3)c3cc(C)c(C)cc3c(N(c3ccc4ccccc4c3)c3ccccn3)c2c1. The minimum atomic E-state index is 0.859. The molecule has 0 spiro atoms. The number of aromatic nitrogens is 2. The lowest BCUT2D eigenvalue weighted by Gasteiger charge is -2.32. The molecule has 0 saturated heterocycles. The zero-order valence-electron chi connectivity index (χ0n) is 32.9. The van der Waals surface area contributed by atoms with Crippen molar-refractivity contribution in [1.82, 2.24) is 9.97 Å². The van der Waals surface area contributed by atoms with E-state index in [4.69, 9.17) is 9.97 Å². The van der Waals surface area contributed by atoms with Crippen LogP contribution in [-0.4, -0.2) is 9.97 Å². The topological polar surface area (TPSA) is 32.3 Å². The molecule has 4 heteroatoms. The van der Waals surface area contributed by atoms with Crippen LogP contribution in [0.5, 0.6) is 0 Å². The molecule has 2 heterocycles. The van der Waals surface area contributed by atoms with Crippen molar-refractivity contribution >= 4 is 77.5 Å². The van der Waals surface area contributed by atoms with Crippen LogP contribution in [0.3, 0.4) is 0 Å². The van der Waals surface area contributed by atoms with Crippen molar-refractivity contribution < 1.29 is 0 Å². The second-order valence-corrected chi connectivity index (χ2v) is 13.3. The van der Waals surface area contributed by atoms with Gasteiger partial charge in [-0.3, -0.25) is 9.80 Å². The Morgan fingerprint density at radius 2 is 0.782 bits per heavy atom. The average molecular weight is 717 g/mol. The highest BCUT2D eigenvalue weighted by Crippen LogP contribution is 2.51. The molecule has 0 bridgehead atoms. The highest BCUT2D eigenvalue weighted by Gasteiger charge is 2.27. The lowest BCUT2D eigenvalue weighted by atomic mass is 9.92.